The number of aromatic nitrogens is 1. The van der Waals surface area contributed by atoms with Crippen molar-refractivity contribution in [3.8, 4) is 0 Å². The Labute approximate surface area is 68.2 Å². The van der Waals surface area contributed by atoms with Crippen LogP contribution < -0.4 is 11.5 Å². The van der Waals surface area contributed by atoms with Crippen LogP contribution in [-0.2, 0) is 0 Å². The first-order valence-corrected chi connectivity index (χ1v) is 3.20. The Hall–Kier alpha value is -1.29. The van der Waals surface area contributed by atoms with Crippen LogP contribution in [0.2, 0.25) is 5.15 Å². The predicted molar refractivity (Wildman–Crippen MR) is 42.2 cm³/mol. The predicted octanol–water partition coefficient (Wildman–Crippen LogP) is 0.416. The summed E-state index contributed by atoms with van der Waals surface area (Å²) in [4.78, 5) is 14.3. The van der Waals surface area contributed by atoms with E-state index in [4.69, 9.17) is 23.1 Å². The Morgan fingerprint density at radius 1 is 1.64 bits per heavy atom. The smallest absolute Gasteiger partial charge is 0.250 e. The number of halogens is 1. The van der Waals surface area contributed by atoms with Crippen LogP contribution in [0.25, 0.3) is 0 Å². The molecule has 0 atom stereocenters. The van der Waals surface area contributed by atoms with Crippen LogP contribution in [0, 0.1) is 0 Å². The van der Waals surface area contributed by atoms with E-state index in [1.54, 1.807) is 0 Å². The summed E-state index contributed by atoms with van der Waals surface area (Å²) in [5.74, 6) is -0.605. The van der Waals surface area contributed by atoms with Gasteiger partial charge < -0.3 is 11.5 Å². The number of hydrogen-bond donors (Lipinski definition) is 2. The molecule has 0 aliphatic rings. The van der Waals surface area contributed by atoms with Crippen LogP contribution in [0.3, 0.4) is 0 Å². The molecule has 0 unspecified atom stereocenters. The van der Waals surface area contributed by atoms with Gasteiger partial charge in [-0.25, -0.2) is 4.98 Å². The molecule has 11 heavy (non-hydrogen) atoms. The number of anilines is 1. The molecule has 4 nitrogen and oxygen atoms in total. The maximum absolute atomic E-state index is 10.6. The van der Waals surface area contributed by atoms with Gasteiger partial charge in [0.25, 0.3) is 5.91 Å². The summed E-state index contributed by atoms with van der Waals surface area (Å²) >= 11 is 5.51. The van der Waals surface area contributed by atoms with E-state index in [1.807, 2.05) is 0 Å². The zero-order valence-electron chi connectivity index (χ0n) is 5.54. The first-order chi connectivity index (χ1) is 5.13. The lowest BCUT2D eigenvalue weighted by molar-refractivity contribution is 0.100. The molecule has 0 aromatic carbocycles. The van der Waals surface area contributed by atoms with Gasteiger partial charge in [0.15, 0.2) is 5.15 Å². The van der Waals surface area contributed by atoms with Gasteiger partial charge in [0.2, 0.25) is 0 Å². The minimum atomic E-state index is -0.605. The first-order valence-electron chi connectivity index (χ1n) is 2.82. The maximum atomic E-state index is 10.6. The molecule has 0 aliphatic carbocycles. The van der Waals surface area contributed by atoms with Crippen molar-refractivity contribution in [3.05, 3.63) is 23.0 Å². The van der Waals surface area contributed by atoms with Crippen molar-refractivity contribution >= 4 is 23.2 Å². The molecule has 0 saturated heterocycles. The summed E-state index contributed by atoms with van der Waals surface area (Å²) in [6.07, 6.45) is 1.37. The molecule has 0 spiro atoms. The summed E-state index contributed by atoms with van der Waals surface area (Å²) in [5, 5.41) is 0.0984. The second kappa shape index (κ2) is 2.75. The number of hydrogen-bond acceptors (Lipinski definition) is 3. The molecule has 0 radical (unpaired) electrons. The maximum Gasteiger partial charge on any atom is 0.250 e. The molecule has 58 valence electrons. The molecule has 1 aromatic heterocycles. The molecule has 4 N–H and O–H groups in total. The van der Waals surface area contributed by atoms with E-state index in [0.717, 1.165) is 0 Å². The molecule has 1 rings (SSSR count). The molecule has 0 fully saturated rings. The lowest BCUT2D eigenvalue weighted by Gasteiger charge is -2.00. The lowest BCUT2D eigenvalue weighted by Crippen LogP contribution is -2.13. The van der Waals surface area contributed by atoms with E-state index in [9.17, 15) is 4.79 Å². The summed E-state index contributed by atoms with van der Waals surface area (Å²) in [6, 6.07) is 1.42. The Morgan fingerprint density at radius 3 is 2.73 bits per heavy atom. The highest BCUT2D eigenvalue weighted by molar-refractivity contribution is 6.32. The summed E-state index contributed by atoms with van der Waals surface area (Å²) < 4.78 is 0. The molecule has 0 aliphatic heterocycles. The van der Waals surface area contributed by atoms with Gasteiger partial charge in [-0.1, -0.05) is 11.6 Å². The van der Waals surface area contributed by atoms with Crippen LogP contribution >= 0.6 is 11.6 Å². The number of carbonyl (C=O) groups is 1. The molecule has 1 heterocycles. The quantitative estimate of drug-likeness (QED) is 0.601. The standard InChI is InChI=1S/C6H6ClN3O/c7-5-4(8)3(6(9)11)1-2-10-5/h1-2H,8H2,(H2,9,11). The van der Waals surface area contributed by atoms with Gasteiger partial charge in [-0.3, -0.25) is 4.79 Å². The number of rotatable bonds is 1. The van der Waals surface area contributed by atoms with Crippen molar-refractivity contribution in [1.82, 2.24) is 4.98 Å². The normalized spacial score (nSPS) is 9.55. The molecule has 0 saturated carbocycles. The average molecular weight is 172 g/mol. The van der Waals surface area contributed by atoms with Gasteiger partial charge in [0.05, 0.1) is 11.3 Å². The number of nitrogen functional groups attached to an aromatic ring is 1. The summed E-state index contributed by atoms with van der Waals surface area (Å²) in [6.45, 7) is 0. The fraction of sp³-hybridized carbons (Fsp3) is 0. The van der Waals surface area contributed by atoms with Gasteiger partial charge in [0, 0.05) is 6.20 Å². The van der Waals surface area contributed by atoms with Crippen molar-refractivity contribution in [2.24, 2.45) is 5.73 Å². The number of primary amides is 1. The second-order valence-electron chi connectivity index (χ2n) is 1.93. The van der Waals surface area contributed by atoms with Gasteiger partial charge in [0.1, 0.15) is 0 Å². The highest BCUT2D eigenvalue weighted by Crippen LogP contribution is 2.18. The summed E-state index contributed by atoms with van der Waals surface area (Å²) in [7, 11) is 0. The number of amides is 1. The largest absolute Gasteiger partial charge is 0.396 e. The third-order valence-electron chi connectivity index (χ3n) is 1.21. The summed E-state index contributed by atoms with van der Waals surface area (Å²) in [5.41, 5.74) is 10.7. The van der Waals surface area contributed by atoms with E-state index < -0.39 is 5.91 Å². The fourth-order valence-electron chi connectivity index (χ4n) is 0.663. The number of nitrogens with zero attached hydrogens (tertiary/aromatic N) is 1. The fourth-order valence-corrected chi connectivity index (χ4v) is 0.821. The number of pyridine rings is 1. The Balaban J connectivity index is 3.27. The molecule has 5 heteroatoms. The Morgan fingerprint density at radius 2 is 2.27 bits per heavy atom. The van der Waals surface area contributed by atoms with E-state index in [2.05, 4.69) is 4.98 Å². The van der Waals surface area contributed by atoms with Gasteiger partial charge in [-0.2, -0.15) is 0 Å². The number of nitrogens with two attached hydrogens (primary N) is 2. The lowest BCUT2D eigenvalue weighted by atomic mass is 10.2. The van der Waals surface area contributed by atoms with E-state index in [0.29, 0.717) is 0 Å². The highest BCUT2D eigenvalue weighted by Gasteiger charge is 2.07. The van der Waals surface area contributed by atoms with Gasteiger partial charge in [-0.05, 0) is 6.07 Å². The van der Waals surface area contributed by atoms with Crippen molar-refractivity contribution in [3.63, 3.8) is 0 Å². The molecular weight excluding hydrogens is 166 g/mol. The van der Waals surface area contributed by atoms with Crippen molar-refractivity contribution < 1.29 is 4.79 Å². The minimum Gasteiger partial charge on any atom is -0.396 e. The zero-order valence-corrected chi connectivity index (χ0v) is 6.30. The van der Waals surface area contributed by atoms with Crippen molar-refractivity contribution in [2.45, 2.75) is 0 Å². The third-order valence-corrected chi connectivity index (χ3v) is 1.51. The third kappa shape index (κ3) is 1.40. The molecule has 1 aromatic rings. The Bertz CT molecular complexity index is 300. The average Bonchev–Trinajstić information content (AvgIpc) is 1.94. The van der Waals surface area contributed by atoms with Crippen molar-refractivity contribution in [1.29, 1.82) is 0 Å². The topological polar surface area (TPSA) is 82.0 Å². The van der Waals surface area contributed by atoms with Gasteiger partial charge in [-0.15, -0.1) is 0 Å². The van der Waals surface area contributed by atoms with Crippen LogP contribution in [0.15, 0.2) is 12.3 Å². The van der Waals surface area contributed by atoms with E-state index in [-0.39, 0.29) is 16.4 Å². The van der Waals surface area contributed by atoms with Crippen LogP contribution in [-0.4, -0.2) is 10.9 Å². The number of carbonyl (C=O) groups excluding carboxylic acids is 1. The SMILES string of the molecule is NC(=O)c1ccnc(Cl)c1N. The van der Waals surface area contributed by atoms with Crippen LogP contribution in [0.1, 0.15) is 10.4 Å². The zero-order chi connectivity index (χ0) is 8.43. The molecule has 0 bridgehead atoms. The molecular formula is C6H6ClN3O. The minimum absolute atomic E-state index is 0.0984. The van der Waals surface area contributed by atoms with Gasteiger partial charge >= 0.3 is 0 Å². The van der Waals surface area contributed by atoms with E-state index >= 15 is 0 Å². The first kappa shape index (κ1) is 7.81. The molecule has 1 amide bonds. The van der Waals surface area contributed by atoms with E-state index in [1.165, 1.54) is 12.3 Å². The second-order valence-corrected chi connectivity index (χ2v) is 2.29. The van der Waals surface area contributed by atoms with Crippen LogP contribution in [0.5, 0.6) is 0 Å². The monoisotopic (exact) mass is 171 g/mol. The van der Waals surface area contributed by atoms with Crippen molar-refractivity contribution in [2.75, 3.05) is 5.73 Å². The Kier molecular flexibility index (Phi) is 1.96. The van der Waals surface area contributed by atoms with Crippen LogP contribution in [0.4, 0.5) is 5.69 Å². The highest BCUT2D eigenvalue weighted by atomic mass is 35.5.